The van der Waals surface area contributed by atoms with Crippen molar-refractivity contribution in [3.63, 3.8) is 0 Å². The molecule has 5 unspecified atom stereocenters. The largest absolute Gasteiger partial charge is 0.491 e. The lowest BCUT2D eigenvalue weighted by Gasteiger charge is -2.42. The van der Waals surface area contributed by atoms with Gasteiger partial charge in [-0.3, -0.25) is 9.52 Å². The number of rotatable bonds is 4. The number of nitrogens with one attached hydrogen (secondary N) is 1. The van der Waals surface area contributed by atoms with Crippen LogP contribution < -0.4 is 14.4 Å². The highest BCUT2D eigenvalue weighted by molar-refractivity contribution is 7.84. The van der Waals surface area contributed by atoms with Gasteiger partial charge in [0, 0.05) is 29.6 Å². The summed E-state index contributed by atoms with van der Waals surface area (Å²) in [7, 11) is -1.47. The number of aryl methyl sites for hydroxylation is 1. The number of anilines is 1. The van der Waals surface area contributed by atoms with Crippen LogP contribution in [-0.2, 0) is 17.4 Å². The quantitative estimate of drug-likeness (QED) is 0.383. The molecule has 6 nitrogen and oxygen atoms in total. The monoisotopic (exact) mass is 610 g/mol. The maximum absolute atomic E-state index is 13.4. The van der Waals surface area contributed by atoms with Gasteiger partial charge in [-0.25, -0.2) is 4.21 Å². The third-order valence-electron chi connectivity index (χ3n) is 9.97. The number of halogens is 1. The molecule has 2 bridgehead atoms. The molecule has 2 saturated carbocycles. The van der Waals surface area contributed by atoms with Gasteiger partial charge in [-0.15, -0.1) is 0 Å². The smallest absolute Gasteiger partial charge is 0.263 e. The molecule has 0 aromatic heterocycles. The first-order valence-electron chi connectivity index (χ1n) is 15.8. The van der Waals surface area contributed by atoms with E-state index in [2.05, 4.69) is 34.8 Å². The van der Waals surface area contributed by atoms with Crippen molar-refractivity contribution in [1.29, 1.82) is 0 Å². The van der Waals surface area contributed by atoms with E-state index in [1.165, 1.54) is 11.1 Å². The highest BCUT2D eigenvalue weighted by Crippen LogP contribution is 2.43. The molecule has 226 valence electrons. The van der Waals surface area contributed by atoms with Crippen LogP contribution in [0.15, 0.2) is 48.6 Å². The highest BCUT2D eigenvalue weighted by Gasteiger charge is 2.38. The minimum atomic E-state index is -1.47. The van der Waals surface area contributed by atoms with Gasteiger partial charge in [0.05, 0.1) is 23.6 Å². The standard InChI is InChI=1S/C34H43ClN2O4S/c1-2-6-23-17-27(35)13-15-28(23)26-20-37-19-25-11-14-29(25)31(38)9-3-4-10-33(22-7-5-8-22)42(40)36-34(39)24-12-16-32(41-21-26)30(37)18-24/h3,9,12-13,15-18,22,25-26,29,31,33,38H,2,4-8,10-11,14,19-21H2,1H3,(H,36,39)/b9-3+/t25?,26-,29?,31?,33?,42?/m0/s1. The Kier molecular flexibility index (Phi) is 9.27. The summed E-state index contributed by atoms with van der Waals surface area (Å²) in [5.74, 6) is 1.50. The number of benzene rings is 2. The van der Waals surface area contributed by atoms with Crippen molar-refractivity contribution >= 4 is 34.2 Å². The average Bonchev–Trinajstić information content (AvgIpc) is 3.10. The lowest BCUT2D eigenvalue weighted by Crippen LogP contribution is -2.44. The first kappa shape index (κ1) is 29.7. The predicted octanol–water partition coefficient (Wildman–Crippen LogP) is 6.57. The second-order valence-electron chi connectivity index (χ2n) is 12.6. The number of carbonyl (C=O) groups is 1. The second kappa shape index (κ2) is 13.1. The minimum Gasteiger partial charge on any atom is -0.491 e. The number of nitrogens with zero attached hydrogens (tertiary/aromatic N) is 1. The zero-order valence-electron chi connectivity index (χ0n) is 24.5. The lowest BCUT2D eigenvalue weighted by molar-refractivity contribution is 0.0461. The van der Waals surface area contributed by atoms with Crippen molar-refractivity contribution in [3.05, 3.63) is 70.3 Å². The van der Waals surface area contributed by atoms with E-state index in [4.69, 9.17) is 16.3 Å². The van der Waals surface area contributed by atoms with Gasteiger partial charge in [0.15, 0.2) is 0 Å². The van der Waals surface area contributed by atoms with Crippen LogP contribution in [0.25, 0.3) is 0 Å². The number of hydrogen-bond donors (Lipinski definition) is 2. The first-order valence-corrected chi connectivity index (χ1v) is 17.4. The molecule has 2 heterocycles. The van der Waals surface area contributed by atoms with Gasteiger partial charge >= 0.3 is 0 Å². The Hall–Kier alpha value is -2.35. The number of allylic oxidation sites excluding steroid dienone is 1. The number of aliphatic hydroxyl groups excluding tert-OH is 1. The molecule has 2 aromatic carbocycles. The number of carbonyl (C=O) groups excluding carboxylic acids is 1. The van der Waals surface area contributed by atoms with Crippen molar-refractivity contribution in [2.45, 2.75) is 82.0 Å². The predicted molar refractivity (Wildman–Crippen MR) is 170 cm³/mol. The van der Waals surface area contributed by atoms with Crippen LogP contribution in [-0.4, -0.2) is 46.3 Å². The van der Waals surface area contributed by atoms with E-state index in [9.17, 15) is 14.1 Å². The van der Waals surface area contributed by atoms with E-state index in [-0.39, 0.29) is 23.0 Å². The van der Waals surface area contributed by atoms with Gasteiger partial charge in [-0.05, 0) is 104 Å². The third kappa shape index (κ3) is 6.29. The normalized spacial score (nSPS) is 31.0. The number of aliphatic hydroxyl groups is 1. The zero-order chi connectivity index (χ0) is 29.2. The molecule has 42 heavy (non-hydrogen) atoms. The summed E-state index contributed by atoms with van der Waals surface area (Å²) in [6, 6.07) is 11.8. The molecule has 0 saturated heterocycles. The summed E-state index contributed by atoms with van der Waals surface area (Å²) in [5.41, 5.74) is 3.89. The zero-order valence-corrected chi connectivity index (χ0v) is 26.0. The maximum atomic E-state index is 13.4. The molecule has 1 amide bonds. The summed E-state index contributed by atoms with van der Waals surface area (Å²) in [6.07, 6.45) is 12.3. The van der Waals surface area contributed by atoms with Gasteiger partial charge < -0.3 is 14.7 Å². The molecule has 8 heteroatoms. The lowest BCUT2D eigenvalue weighted by atomic mass is 9.70. The Balaban J connectivity index is 1.35. The Bertz CT molecular complexity index is 1340. The maximum Gasteiger partial charge on any atom is 0.263 e. The Morgan fingerprint density at radius 1 is 1.07 bits per heavy atom. The summed E-state index contributed by atoms with van der Waals surface area (Å²) in [6.45, 7) is 4.22. The second-order valence-corrected chi connectivity index (χ2v) is 14.5. The third-order valence-corrected chi connectivity index (χ3v) is 11.8. The fraction of sp³-hybridized carbons (Fsp3) is 0.559. The molecule has 2 aromatic rings. The molecule has 2 N–H and O–H groups in total. The van der Waals surface area contributed by atoms with Gasteiger partial charge in [-0.2, -0.15) is 0 Å². The molecule has 0 radical (unpaired) electrons. The summed E-state index contributed by atoms with van der Waals surface area (Å²) < 4.78 is 22.7. The molecule has 2 fully saturated rings. The highest BCUT2D eigenvalue weighted by atomic mass is 35.5. The number of hydrogen-bond acceptors (Lipinski definition) is 5. The van der Waals surface area contributed by atoms with Crippen molar-refractivity contribution in [1.82, 2.24) is 4.72 Å². The van der Waals surface area contributed by atoms with Crippen molar-refractivity contribution in [2.75, 3.05) is 24.6 Å². The molecule has 6 rings (SSSR count). The van der Waals surface area contributed by atoms with Crippen LogP contribution in [0.5, 0.6) is 5.75 Å². The summed E-state index contributed by atoms with van der Waals surface area (Å²) in [4.78, 5) is 15.8. The van der Waals surface area contributed by atoms with Crippen molar-refractivity contribution in [3.8, 4) is 5.75 Å². The molecule has 0 spiro atoms. The van der Waals surface area contributed by atoms with E-state index < -0.39 is 17.1 Å². The van der Waals surface area contributed by atoms with Gasteiger partial charge in [0.25, 0.3) is 5.91 Å². The van der Waals surface area contributed by atoms with Crippen molar-refractivity contribution < 1.29 is 18.8 Å². The van der Waals surface area contributed by atoms with Crippen LogP contribution in [0.2, 0.25) is 5.02 Å². The molecule has 2 aliphatic carbocycles. The SMILES string of the molecule is CCCc1cc(Cl)ccc1[C@@H]1COc2ccc3cc2N(CC2CCC2C(O)/C=C/CCC(C2CCC2)S(=O)NC3=O)C1. The molecule has 6 atom stereocenters. The number of fused-ring (bicyclic) bond motifs is 2. The molecular weight excluding hydrogens is 568 g/mol. The topological polar surface area (TPSA) is 78.9 Å². The van der Waals surface area contributed by atoms with Gasteiger partial charge in [-0.1, -0.05) is 49.6 Å². The van der Waals surface area contributed by atoms with E-state index in [0.717, 1.165) is 87.3 Å². The molecular formula is C34H43ClN2O4S. The van der Waals surface area contributed by atoms with Crippen LogP contribution >= 0.6 is 11.6 Å². The summed E-state index contributed by atoms with van der Waals surface area (Å²) >= 11 is 6.40. The van der Waals surface area contributed by atoms with Crippen LogP contribution in [0, 0.1) is 17.8 Å². The first-order chi connectivity index (χ1) is 20.4. The van der Waals surface area contributed by atoms with Crippen molar-refractivity contribution in [2.24, 2.45) is 17.8 Å². The Morgan fingerprint density at radius 3 is 2.67 bits per heavy atom. The summed E-state index contributed by atoms with van der Waals surface area (Å²) in [5, 5.41) is 11.8. The number of ether oxygens (including phenoxy) is 1. The van der Waals surface area contributed by atoms with Crippen LogP contribution in [0.4, 0.5) is 5.69 Å². The van der Waals surface area contributed by atoms with Crippen LogP contribution in [0.1, 0.15) is 85.7 Å². The van der Waals surface area contributed by atoms with E-state index >= 15 is 0 Å². The van der Waals surface area contributed by atoms with E-state index in [0.29, 0.717) is 24.0 Å². The Morgan fingerprint density at radius 2 is 1.93 bits per heavy atom. The average molecular weight is 611 g/mol. The molecule has 4 aliphatic rings. The molecule has 2 aliphatic heterocycles. The Labute approximate surface area is 257 Å². The van der Waals surface area contributed by atoms with E-state index in [1.54, 1.807) is 6.07 Å². The minimum absolute atomic E-state index is 0.0769. The van der Waals surface area contributed by atoms with Gasteiger partial charge in [0.2, 0.25) is 0 Å². The van der Waals surface area contributed by atoms with E-state index in [1.807, 2.05) is 24.3 Å². The fourth-order valence-electron chi connectivity index (χ4n) is 7.20. The number of amides is 1. The fourth-order valence-corrected chi connectivity index (χ4v) is 8.82. The van der Waals surface area contributed by atoms with Gasteiger partial charge in [0.1, 0.15) is 16.7 Å². The van der Waals surface area contributed by atoms with Crippen LogP contribution in [0.3, 0.4) is 0 Å².